The first-order chi connectivity index (χ1) is 3.56. The fourth-order valence-electron chi connectivity index (χ4n) is 0.236. The lowest BCUT2D eigenvalue weighted by molar-refractivity contribution is 0.364. The van der Waals surface area contributed by atoms with Crippen molar-refractivity contribution in [3.63, 3.8) is 0 Å². The molecule has 0 aliphatic heterocycles. The lowest BCUT2D eigenvalue weighted by Crippen LogP contribution is -2.27. The Morgan fingerprint density at radius 2 is 1.75 bits per heavy atom. The minimum Gasteiger partial charge on any atom is -0.441 e. The van der Waals surface area contributed by atoms with Gasteiger partial charge in [-0.15, -0.1) is 0 Å². The zero-order valence-electron chi connectivity index (χ0n) is 6.02. The minimum atomic E-state index is -1.24. The van der Waals surface area contributed by atoms with Crippen LogP contribution in [0.25, 0.3) is 0 Å². The highest BCUT2D eigenvalue weighted by Crippen LogP contribution is 1.99. The van der Waals surface area contributed by atoms with Crippen LogP contribution in [0.15, 0.2) is 0 Å². The van der Waals surface area contributed by atoms with Gasteiger partial charge in [0.2, 0.25) is 0 Å². The first kappa shape index (κ1) is 8.35. The van der Waals surface area contributed by atoms with Crippen molar-refractivity contribution in [3.05, 3.63) is 0 Å². The van der Waals surface area contributed by atoms with Gasteiger partial charge in [-0.1, -0.05) is 0 Å². The molecule has 0 aromatic rings. The highest BCUT2D eigenvalue weighted by Gasteiger charge is 2.12. The van der Waals surface area contributed by atoms with E-state index < -0.39 is 18.3 Å². The summed E-state index contributed by atoms with van der Waals surface area (Å²) in [5, 5.41) is 0. The molecule has 8 heavy (non-hydrogen) atoms. The molecule has 4 heteroatoms. The Hall–Kier alpha value is 0.354. The van der Waals surface area contributed by atoms with E-state index in [9.17, 15) is 0 Å². The Morgan fingerprint density at radius 1 is 1.25 bits per heavy atom. The zero-order valence-corrected chi connectivity index (χ0v) is 8.44. The van der Waals surface area contributed by atoms with E-state index in [1.54, 1.807) is 7.11 Å². The van der Waals surface area contributed by atoms with Crippen LogP contribution in [0.5, 0.6) is 0 Å². The van der Waals surface area contributed by atoms with Gasteiger partial charge in [0.25, 0.3) is 10.0 Å². The smallest absolute Gasteiger partial charge is 0.293 e. The second-order valence-corrected chi connectivity index (χ2v) is 8.86. The van der Waals surface area contributed by atoms with E-state index in [2.05, 4.69) is 19.6 Å². The molecule has 0 rings (SSSR count). The molecule has 0 radical (unpaired) electrons. The van der Waals surface area contributed by atoms with Crippen LogP contribution in [0.2, 0.25) is 19.6 Å². The van der Waals surface area contributed by atoms with Crippen molar-refractivity contribution in [1.29, 1.82) is 0 Å². The third kappa shape index (κ3) is 6.35. The van der Waals surface area contributed by atoms with E-state index in [-0.39, 0.29) is 0 Å². The molecule has 50 valence electrons. The van der Waals surface area contributed by atoms with Crippen molar-refractivity contribution in [2.24, 2.45) is 0 Å². The van der Waals surface area contributed by atoms with Crippen molar-refractivity contribution in [2.45, 2.75) is 19.6 Å². The molecule has 0 saturated heterocycles. The maximum absolute atomic E-state index is 5.43. The lowest BCUT2D eigenvalue weighted by atomic mass is 11.8. The highest BCUT2D eigenvalue weighted by molar-refractivity contribution is 6.73. The van der Waals surface area contributed by atoms with Gasteiger partial charge in [0.15, 0.2) is 8.32 Å². The Balaban J connectivity index is 3.11. The van der Waals surface area contributed by atoms with Gasteiger partial charge in [-0.2, -0.15) is 0 Å². The van der Waals surface area contributed by atoms with Gasteiger partial charge in [0.1, 0.15) is 0 Å². The first-order valence-electron chi connectivity index (χ1n) is 2.69. The van der Waals surface area contributed by atoms with Crippen LogP contribution in [-0.4, -0.2) is 25.4 Å². The summed E-state index contributed by atoms with van der Waals surface area (Å²) in [6.45, 7) is 6.50. The molecule has 0 saturated carbocycles. The number of rotatable bonds is 3. The number of hydrogen-bond donors (Lipinski definition) is 0. The molecule has 0 aromatic carbocycles. The average molecular weight is 150 g/mol. The van der Waals surface area contributed by atoms with E-state index >= 15 is 0 Å². The van der Waals surface area contributed by atoms with Gasteiger partial charge in [-0.25, -0.2) is 0 Å². The van der Waals surface area contributed by atoms with Gasteiger partial charge in [-0.05, 0) is 19.6 Å². The third-order valence-corrected chi connectivity index (χ3v) is 4.78. The molecule has 0 fully saturated rings. The van der Waals surface area contributed by atoms with E-state index in [0.29, 0.717) is 0 Å². The summed E-state index contributed by atoms with van der Waals surface area (Å²) in [6, 6.07) is 0. The Morgan fingerprint density at radius 3 is 1.88 bits per heavy atom. The Bertz CT molecular complexity index is 59.5. The molecule has 0 amide bonds. The van der Waals surface area contributed by atoms with Crippen molar-refractivity contribution in [1.82, 2.24) is 0 Å². The van der Waals surface area contributed by atoms with E-state index in [1.165, 1.54) is 0 Å². The summed E-state index contributed by atoms with van der Waals surface area (Å²) >= 11 is 0. The van der Waals surface area contributed by atoms with Crippen molar-refractivity contribution in [2.75, 3.05) is 7.11 Å². The summed E-state index contributed by atoms with van der Waals surface area (Å²) in [4.78, 5) is 0. The summed E-state index contributed by atoms with van der Waals surface area (Å²) in [7, 11) is -0.161. The van der Waals surface area contributed by atoms with Gasteiger partial charge >= 0.3 is 0 Å². The normalized spacial score (nSPS) is 13.5. The van der Waals surface area contributed by atoms with Crippen molar-refractivity contribution < 1.29 is 8.54 Å². The standard InChI is InChI=1S/C4H14O2Si2/c1-5-7-6-8(2,3)4/h7H2,1-4H3. The monoisotopic (exact) mass is 150 g/mol. The fourth-order valence-corrected chi connectivity index (χ4v) is 2.12. The maximum Gasteiger partial charge on any atom is 0.293 e. The molecule has 0 heterocycles. The van der Waals surface area contributed by atoms with Crippen LogP contribution >= 0.6 is 0 Å². The Labute approximate surface area is 54.4 Å². The van der Waals surface area contributed by atoms with Crippen molar-refractivity contribution >= 4 is 18.3 Å². The van der Waals surface area contributed by atoms with Crippen LogP contribution in [0.4, 0.5) is 0 Å². The quantitative estimate of drug-likeness (QED) is 0.545. The largest absolute Gasteiger partial charge is 0.441 e. The van der Waals surface area contributed by atoms with Crippen LogP contribution in [-0.2, 0) is 8.54 Å². The second kappa shape index (κ2) is 3.39. The van der Waals surface area contributed by atoms with E-state index in [1.807, 2.05) is 0 Å². The predicted octanol–water partition coefficient (Wildman–Crippen LogP) is 0.483. The van der Waals surface area contributed by atoms with Gasteiger partial charge < -0.3 is 8.54 Å². The third-order valence-electron chi connectivity index (χ3n) is 0.610. The number of hydrogen-bond acceptors (Lipinski definition) is 2. The van der Waals surface area contributed by atoms with Crippen LogP contribution in [0.3, 0.4) is 0 Å². The van der Waals surface area contributed by atoms with E-state index in [4.69, 9.17) is 8.54 Å². The fraction of sp³-hybridized carbons (Fsp3) is 1.00. The zero-order chi connectivity index (χ0) is 6.62. The van der Waals surface area contributed by atoms with Crippen LogP contribution in [0.1, 0.15) is 0 Å². The molecule has 0 N–H and O–H groups in total. The van der Waals surface area contributed by atoms with Gasteiger partial charge in [0.05, 0.1) is 0 Å². The molecular weight excluding hydrogens is 136 g/mol. The second-order valence-electron chi connectivity index (χ2n) is 2.66. The SMILES string of the molecule is CO[SiH2]O[Si](C)(C)C. The summed E-state index contributed by atoms with van der Waals surface area (Å²) in [5.74, 6) is 0. The molecule has 0 aliphatic carbocycles. The van der Waals surface area contributed by atoms with E-state index in [0.717, 1.165) is 0 Å². The maximum atomic E-state index is 5.43. The molecule has 0 bridgehead atoms. The Kier molecular flexibility index (Phi) is 3.54. The van der Waals surface area contributed by atoms with Gasteiger partial charge in [0, 0.05) is 7.11 Å². The molecule has 0 spiro atoms. The topological polar surface area (TPSA) is 18.5 Å². The predicted molar refractivity (Wildman–Crippen MR) is 40.0 cm³/mol. The molecule has 0 atom stereocenters. The van der Waals surface area contributed by atoms with Crippen LogP contribution in [0, 0.1) is 0 Å². The molecule has 0 aliphatic rings. The highest BCUT2D eigenvalue weighted by atomic mass is 28.4. The lowest BCUT2D eigenvalue weighted by Gasteiger charge is -2.15. The van der Waals surface area contributed by atoms with Gasteiger partial charge in [-0.3, -0.25) is 0 Å². The van der Waals surface area contributed by atoms with Crippen molar-refractivity contribution in [3.8, 4) is 0 Å². The average Bonchev–Trinajstić information content (AvgIpc) is 1.59. The molecule has 2 nitrogen and oxygen atoms in total. The molecule has 0 aromatic heterocycles. The first-order valence-corrected chi connectivity index (χ1v) is 7.25. The minimum absolute atomic E-state index is 0.621. The summed E-state index contributed by atoms with van der Waals surface area (Å²) in [5.41, 5.74) is 0. The molecule has 0 unspecified atom stereocenters. The summed E-state index contributed by atoms with van der Waals surface area (Å²) < 4.78 is 10.3. The van der Waals surface area contributed by atoms with Crippen LogP contribution < -0.4 is 0 Å². The summed E-state index contributed by atoms with van der Waals surface area (Å²) in [6.07, 6.45) is 0. The molecular formula is C4H14O2Si2.